The highest BCUT2D eigenvalue weighted by atomic mass is 16.2. The first-order chi connectivity index (χ1) is 11.3. The Balaban J connectivity index is 1.95. The Morgan fingerprint density at radius 1 is 1.12 bits per heavy atom. The van der Waals surface area contributed by atoms with Gasteiger partial charge in [0, 0.05) is 13.1 Å². The van der Waals surface area contributed by atoms with Gasteiger partial charge in [-0.2, -0.15) is 0 Å². The van der Waals surface area contributed by atoms with E-state index in [0.29, 0.717) is 18.8 Å². The lowest BCUT2D eigenvalue weighted by Crippen LogP contribution is -2.49. The summed E-state index contributed by atoms with van der Waals surface area (Å²) in [6.45, 7) is 6.09. The van der Waals surface area contributed by atoms with Gasteiger partial charge in [-0.3, -0.25) is 14.5 Å². The number of amides is 4. The number of carbonyl (C=O) groups is 3. The van der Waals surface area contributed by atoms with Crippen LogP contribution in [-0.2, 0) is 9.59 Å². The first-order valence-corrected chi connectivity index (χ1v) is 9.17. The van der Waals surface area contributed by atoms with Gasteiger partial charge in [0.15, 0.2) is 0 Å². The maximum atomic E-state index is 12.8. The van der Waals surface area contributed by atoms with E-state index in [1.54, 1.807) is 11.9 Å². The summed E-state index contributed by atoms with van der Waals surface area (Å²) < 4.78 is 0. The fourth-order valence-electron chi connectivity index (χ4n) is 3.79. The number of likely N-dealkylation sites (N-methyl/N-ethyl adjacent to an activating group) is 1. The molecule has 0 bridgehead atoms. The summed E-state index contributed by atoms with van der Waals surface area (Å²) in [5.41, 5.74) is -0.709. The molecule has 1 aliphatic heterocycles. The lowest BCUT2D eigenvalue weighted by molar-refractivity contribution is -0.137. The first-order valence-electron chi connectivity index (χ1n) is 9.17. The number of rotatable bonds is 6. The SMILES string of the molecule is CC(C)CCC(C)NC(=O)CN1C(=O)N(C)C2(CCCCC2)C1=O. The van der Waals surface area contributed by atoms with Crippen LogP contribution in [0.4, 0.5) is 4.79 Å². The lowest BCUT2D eigenvalue weighted by atomic mass is 9.81. The number of nitrogens with one attached hydrogen (secondary N) is 1. The molecule has 2 fully saturated rings. The molecule has 1 saturated heterocycles. The van der Waals surface area contributed by atoms with E-state index in [-0.39, 0.29) is 30.4 Å². The molecule has 1 N–H and O–H groups in total. The monoisotopic (exact) mass is 337 g/mol. The number of nitrogens with zero attached hydrogens (tertiary/aromatic N) is 2. The number of imide groups is 1. The zero-order valence-electron chi connectivity index (χ0n) is 15.4. The molecule has 2 rings (SSSR count). The molecule has 0 aromatic carbocycles. The van der Waals surface area contributed by atoms with E-state index < -0.39 is 5.54 Å². The van der Waals surface area contributed by atoms with Gasteiger partial charge in [0.2, 0.25) is 5.91 Å². The molecule has 1 heterocycles. The maximum absolute atomic E-state index is 12.8. The molecule has 24 heavy (non-hydrogen) atoms. The molecular weight excluding hydrogens is 306 g/mol. The summed E-state index contributed by atoms with van der Waals surface area (Å²) in [4.78, 5) is 40.2. The van der Waals surface area contributed by atoms with Crippen molar-refractivity contribution in [2.45, 2.75) is 77.3 Å². The van der Waals surface area contributed by atoms with Crippen LogP contribution in [0.15, 0.2) is 0 Å². The van der Waals surface area contributed by atoms with Crippen LogP contribution < -0.4 is 5.32 Å². The van der Waals surface area contributed by atoms with Crippen molar-refractivity contribution < 1.29 is 14.4 Å². The van der Waals surface area contributed by atoms with Crippen molar-refractivity contribution >= 4 is 17.8 Å². The predicted octanol–water partition coefficient (Wildman–Crippen LogP) is 2.52. The van der Waals surface area contributed by atoms with Crippen molar-refractivity contribution in [1.82, 2.24) is 15.1 Å². The van der Waals surface area contributed by atoms with E-state index in [9.17, 15) is 14.4 Å². The second-order valence-electron chi connectivity index (χ2n) is 7.76. The molecule has 0 aromatic heterocycles. The van der Waals surface area contributed by atoms with Crippen LogP contribution in [0.2, 0.25) is 0 Å². The van der Waals surface area contributed by atoms with Crippen molar-refractivity contribution in [2.75, 3.05) is 13.6 Å². The second kappa shape index (κ2) is 7.53. The molecule has 1 unspecified atom stereocenters. The molecule has 1 aliphatic carbocycles. The molecule has 6 heteroatoms. The largest absolute Gasteiger partial charge is 0.352 e. The lowest BCUT2D eigenvalue weighted by Gasteiger charge is -2.35. The van der Waals surface area contributed by atoms with Crippen LogP contribution >= 0.6 is 0 Å². The third-order valence-corrected chi connectivity index (χ3v) is 5.37. The summed E-state index contributed by atoms with van der Waals surface area (Å²) >= 11 is 0. The molecule has 4 amide bonds. The van der Waals surface area contributed by atoms with E-state index >= 15 is 0 Å². The number of carbonyl (C=O) groups excluding carboxylic acids is 3. The maximum Gasteiger partial charge on any atom is 0.327 e. The van der Waals surface area contributed by atoms with Gasteiger partial charge in [0.05, 0.1) is 0 Å². The molecule has 0 radical (unpaired) electrons. The molecule has 2 aliphatic rings. The summed E-state index contributed by atoms with van der Waals surface area (Å²) in [6.07, 6.45) is 6.36. The zero-order valence-corrected chi connectivity index (χ0v) is 15.4. The fourth-order valence-corrected chi connectivity index (χ4v) is 3.79. The normalized spacial score (nSPS) is 21.7. The minimum atomic E-state index is -0.709. The molecule has 1 atom stereocenters. The smallest absolute Gasteiger partial charge is 0.327 e. The van der Waals surface area contributed by atoms with Gasteiger partial charge in [0.1, 0.15) is 12.1 Å². The van der Waals surface area contributed by atoms with Crippen LogP contribution in [0.3, 0.4) is 0 Å². The average molecular weight is 337 g/mol. The van der Waals surface area contributed by atoms with Crippen molar-refractivity contribution in [1.29, 1.82) is 0 Å². The van der Waals surface area contributed by atoms with Gasteiger partial charge in [-0.15, -0.1) is 0 Å². The Morgan fingerprint density at radius 3 is 2.33 bits per heavy atom. The Labute approximate surface area is 144 Å². The zero-order chi connectivity index (χ0) is 17.9. The fraction of sp³-hybridized carbons (Fsp3) is 0.833. The van der Waals surface area contributed by atoms with E-state index in [4.69, 9.17) is 0 Å². The standard InChI is InChI=1S/C18H31N3O3/c1-13(2)8-9-14(3)19-15(22)12-21-16(23)18(20(4)17(21)24)10-6-5-7-11-18/h13-14H,5-12H2,1-4H3,(H,19,22). The highest BCUT2D eigenvalue weighted by Gasteiger charge is 2.55. The van der Waals surface area contributed by atoms with Gasteiger partial charge in [-0.05, 0) is 38.5 Å². The highest BCUT2D eigenvalue weighted by Crippen LogP contribution is 2.39. The van der Waals surface area contributed by atoms with Crippen LogP contribution in [0, 0.1) is 5.92 Å². The van der Waals surface area contributed by atoms with Gasteiger partial charge < -0.3 is 10.2 Å². The Morgan fingerprint density at radius 2 is 1.75 bits per heavy atom. The van der Waals surface area contributed by atoms with Crippen LogP contribution in [0.25, 0.3) is 0 Å². The summed E-state index contributed by atoms with van der Waals surface area (Å²) in [7, 11) is 1.69. The molecular formula is C18H31N3O3. The van der Waals surface area contributed by atoms with Crippen LogP contribution in [-0.4, -0.2) is 52.8 Å². The van der Waals surface area contributed by atoms with Gasteiger partial charge in [-0.25, -0.2) is 4.79 Å². The van der Waals surface area contributed by atoms with Gasteiger partial charge in [0.25, 0.3) is 5.91 Å². The molecule has 6 nitrogen and oxygen atoms in total. The van der Waals surface area contributed by atoms with E-state index in [0.717, 1.165) is 37.0 Å². The second-order valence-corrected chi connectivity index (χ2v) is 7.76. The molecule has 1 saturated carbocycles. The highest BCUT2D eigenvalue weighted by molar-refractivity contribution is 6.08. The van der Waals surface area contributed by atoms with Crippen molar-refractivity contribution in [3.63, 3.8) is 0 Å². The van der Waals surface area contributed by atoms with Gasteiger partial charge >= 0.3 is 6.03 Å². The number of hydrogen-bond donors (Lipinski definition) is 1. The van der Waals surface area contributed by atoms with E-state index in [2.05, 4.69) is 19.2 Å². The Kier molecular flexibility index (Phi) is 5.88. The van der Waals surface area contributed by atoms with Crippen LogP contribution in [0.5, 0.6) is 0 Å². The Hall–Kier alpha value is -1.59. The third kappa shape index (κ3) is 3.73. The molecule has 1 spiro atoms. The number of urea groups is 1. The first kappa shape index (κ1) is 18.7. The van der Waals surface area contributed by atoms with Crippen molar-refractivity contribution in [3.8, 4) is 0 Å². The third-order valence-electron chi connectivity index (χ3n) is 5.37. The van der Waals surface area contributed by atoms with E-state index in [1.165, 1.54) is 0 Å². The minimum absolute atomic E-state index is 0.0501. The molecule has 0 aromatic rings. The minimum Gasteiger partial charge on any atom is -0.352 e. The van der Waals surface area contributed by atoms with E-state index in [1.807, 2.05) is 6.92 Å². The summed E-state index contributed by atoms with van der Waals surface area (Å²) in [6, 6.07) is -0.291. The quantitative estimate of drug-likeness (QED) is 0.757. The van der Waals surface area contributed by atoms with Crippen molar-refractivity contribution in [2.24, 2.45) is 5.92 Å². The predicted molar refractivity (Wildman–Crippen MR) is 92.4 cm³/mol. The molecule has 136 valence electrons. The van der Waals surface area contributed by atoms with Crippen LogP contribution in [0.1, 0.15) is 65.7 Å². The summed E-state index contributed by atoms with van der Waals surface area (Å²) in [5, 5.41) is 2.91. The summed E-state index contributed by atoms with van der Waals surface area (Å²) in [5.74, 6) is 0.139. The number of hydrogen-bond acceptors (Lipinski definition) is 3. The average Bonchev–Trinajstić information content (AvgIpc) is 2.70. The van der Waals surface area contributed by atoms with Crippen molar-refractivity contribution in [3.05, 3.63) is 0 Å². The topological polar surface area (TPSA) is 69.7 Å². The Bertz CT molecular complexity index is 498. The van der Waals surface area contributed by atoms with Gasteiger partial charge in [-0.1, -0.05) is 33.1 Å².